The zero-order chi connectivity index (χ0) is 17.8. The highest BCUT2D eigenvalue weighted by Gasteiger charge is 2.51. The van der Waals surface area contributed by atoms with E-state index >= 15 is 0 Å². The minimum absolute atomic E-state index is 0.206. The van der Waals surface area contributed by atoms with Crippen LogP contribution >= 0.6 is 0 Å². The van der Waals surface area contributed by atoms with E-state index in [1.807, 2.05) is 0 Å². The van der Waals surface area contributed by atoms with Gasteiger partial charge in [-0.05, 0) is 24.1 Å². The molecule has 8 heteroatoms. The van der Waals surface area contributed by atoms with Crippen molar-refractivity contribution in [3.8, 4) is 5.75 Å². The molecule has 0 aliphatic heterocycles. The molecule has 0 fully saturated rings. The lowest BCUT2D eigenvalue weighted by Crippen LogP contribution is -2.52. The Kier molecular flexibility index (Phi) is 5.63. The summed E-state index contributed by atoms with van der Waals surface area (Å²) in [4.78, 5) is 23.1. The number of methoxy groups -OCH3 is 1. The predicted octanol–water partition coefficient (Wildman–Crippen LogP) is 2.54. The maximum Gasteiger partial charge on any atom is 0.490 e. The second-order valence-electron chi connectivity index (χ2n) is 4.99. The van der Waals surface area contributed by atoms with Gasteiger partial charge in [-0.15, -0.1) is 0 Å². The molecule has 5 nitrogen and oxygen atoms in total. The zero-order valence-corrected chi connectivity index (χ0v) is 12.9. The average Bonchev–Trinajstić information content (AvgIpc) is 2.50. The summed E-state index contributed by atoms with van der Waals surface area (Å²) in [7, 11) is 1.43. The van der Waals surface area contributed by atoms with Crippen LogP contribution in [0.2, 0.25) is 0 Å². The van der Waals surface area contributed by atoms with Crippen LogP contribution in [0.3, 0.4) is 0 Å². The lowest BCUT2D eigenvalue weighted by Gasteiger charge is -2.35. The Hall–Kier alpha value is -2.25. The maximum absolute atomic E-state index is 12.5. The van der Waals surface area contributed by atoms with E-state index in [4.69, 9.17) is 10.5 Å². The number of halogens is 3. The van der Waals surface area contributed by atoms with Crippen LogP contribution in [0.1, 0.15) is 31.7 Å². The van der Waals surface area contributed by atoms with Gasteiger partial charge in [0.1, 0.15) is 5.75 Å². The van der Waals surface area contributed by atoms with Gasteiger partial charge in [0, 0.05) is 5.92 Å². The molecule has 1 rings (SSSR count). The Morgan fingerprint density at radius 3 is 2.35 bits per heavy atom. The van der Waals surface area contributed by atoms with Gasteiger partial charge in [-0.1, -0.05) is 26.0 Å². The minimum atomic E-state index is -5.22. The minimum Gasteiger partial charge on any atom is -0.497 e. The summed E-state index contributed by atoms with van der Waals surface area (Å²) in [5, 5.41) is 0. The molecule has 0 spiro atoms. The first-order chi connectivity index (χ1) is 10.6. The fourth-order valence-corrected chi connectivity index (χ4v) is 2.31. The van der Waals surface area contributed by atoms with Crippen LogP contribution in [0, 0.1) is 0 Å². The van der Waals surface area contributed by atoms with E-state index in [9.17, 15) is 22.8 Å². The summed E-state index contributed by atoms with van der Waals surface area (Å²) in [6, 6.07) is 6.37. The third-order valence-electron chi connectivity index (χ3n) is 3.74. The average molecular weight is 333 g/mol. The molecule has 0 saturated heterocycles. The van der Waals surface area contributed by atoms with Crippen LogP contribution in [-0.2, 0) is 14.3 Å². The number of ether oxygens (including phenoxy) is 2. The smallest absolute Gasteiger partial charge is 0.490 e. The van der Waals surface area contributed by atoms with Gasteiger partial charge in [0.25, 0.3) is 5.91 Å². The zero-order valence-electron chi connectivity index (χ0n) is 12.9. The maximum atomic E-state index is 12.5. The summed E-state index contributed by atoms with van der Waals surface area (Å²) >= 11 is 0. The van der Waals surface area contributed by atoms with Crippen molar-refractivity contribution in [2.45, 2.75) is 38.0 Å². The number of carbonyl (C=O) groups is 2. The summed E-state index contributed by atoms with van der Waals surface area (Å²) in [6.45, 7) is 2.89. The molecule has 1 aromatic rings. The molecule has 2 atom stereocenters. The number of benzene rings is 1. The molecule has 0 aromatic heterocycles. The molecule has 128 valence electrons. The molecule has 0 aliphatic carbocycles. The Bertz CT molecular complexity index is 588. The summed E-state index contributed by atoms with van der Waals surface area (Å²) in [5.74, 6) is -4.04. The van der Waals surface area contributed by atoms with Crippen molar-refractivity contribution < 1.29 is 32.2 Å². The van der Waals surface area contributed by atoms with Crippen molar-refractivity contribution in [2.75, 3.05) is 7.11 Å². The summed E-state index contributed by atoms with van der Waals surface area (Å²) in [6.07, 6.45) is -5.42. The Labute approximate surface area is 131 Å². The number of nitrogens with two attached hydrogens (primary N) is 1. The van der Waals surface area contributed by atoms with Gasteiger partial charge in [-0.3, -0.25) is 4.79 Å². The molecule has 2 N–H and O–H groups in total. The van der Waals surface area contributed by atoms with E-state index in [-0.39, 0.29) is 6.42 Å². The predicted molar refractivity (Wildman–Crippen MR) is 75.8 cm³/mol. The molecule has 0 aliphatic rings. The van der Waals surface area contributed by atoms with Crippen molar-refractivity contribution in [1.82, 2.24) is 0 Å². The molecule has 23 heavy (non-hydrogen) atoms. The van der Waals surface area contributed by atoms with E-state index in [0.29, 0.717) is 11.3 Å². The normalized spacial score (nSPS) is 15.4. The summed E-state index contributed by atoms with van der Waals surface area (Å²) in [5.41, 5.74) is 3.61. The standard InChI is InChI=1S/C15H18F3NO4/c1-4-14(12(19)20,23-13(21)15(16,17)18)9(2)10-6-5-7-11(8-10)22-3/h5-9H,4H2,1-3H3,(H2,19,20)/t9-,14?/m1/s1. The Balaban J connectivity index is 3.29. The number of carbonyl (C=O) groups excluding carboxylic acids is 2. The van der Waals surface area contributed by atoms with Crippen molar-refractivity contribution in [3.05, 3.63) is 29.8 Å². The van der Waals surface area contributed by atoms with Crippen molar-refractivity contribution in [3.63, 3.8) is 0 Å². The molecular formula is C15H18F3NO4. The lowest BCUT2D eigenvalue weighted by atomic mass is 9.80. The number of rotatable bonds is 6. The van der Waals surface area contributed by atoms with E-state index in [0.717, 1.165) is 0 Å². The topological polar surface area (TPSA) is 78.6 Å². The van der Waals surface area contributed by atoms with Gasteiger partial charge in [0.2, 0.25) is 0 Å². The highest BCUT2D eigenvalue weighted by Crippen LogP contribution is 2.37. The van der Waals surface area contributed by atoms with Gasteiger partial charge < -0.3 is 15.2 Å². The number of hydrogen-bond donors (Lipinski definition) is 1. The molecule has 0 bridgehead atoms. The molecule has 1 aromatic carbocycles. The van der Waals surface area contributed by atoms with Gasteiger partial charge >= 0.3 is 12.1 Å². The first-order valence-corrected chi connectivity index (χ1v) is 6.82. The van der Waals surface area contributed by atoms with Crippen molar-refractivity contribution in [2.24, 2.45) is 5.73 Å². The molecule has 0 saturated carbocycles. The number of primary amides is 1. The van der Waals surface area contributed by atoms with Crippen LogP contribution in [0.5, 0.6) is 5.75 Å². The van der Waals surface area contributed by atoms with Gasteiger partial charge in [-0.2, -0.15) is 13.2 Å². The van der Waals surface area contributed by atoms with Gasteiger partial charge in [0.15, 0.2) is 5.60 Å². The lowest BCUT2D eigenvalue weighted by molar-refractivity contribution is -0.216. The highest BCUT2D eigenvalue weighted by molar-refractivity contribution is 5.88. The van der Waals surface area contributed by atoms with E-state index < -0.39 is 29.6 Å². The molecule has 0 radical (unpaired) electrons. The molecule has 1 amide bonds. The van der Waals surface area contributed by atoms with E-state index in [2.05, 4.69) is 4.74 Å². The number of esters is 1. The van der Waals surface area contributed by atoms with Gasteiger partial charge in [0.05, 0.1) is 7.11 Å². The van der Waals surface area contributed by atoms with Crippen LogP contribution in [-0.4, -0.2) is 30.8 Å². The second kappa shape index (κ2) is 6.89. The fourth-order valence-electron chi connectivity index (χ4n) is 2.31. The van der Waals surface area contributed by atoms with Crippen LogP contribution in [0.4, 0.5) is 13.2 Å². The Morgan fingerprint density at radius 2 is 1.91 bits per heavy atom. The van der Waals surface area contributed by atoms with Crippen molar-refractivity contribution in [1.29, 1.82) is 0 Å². The molecular weight excluding hydrogens is 315 g/mol. The number of amides is 1. The summed E-state index contributed by atoms with van der Waals surface area (Å²) < 4.78 is 47.1. The van der Waals surface area contributed by atoms with Gasteiger partial charge in [-0.25, -0.2) is 4.79 Å². The molecule has 0 heterocycles. The first-order valence-electron chi connectivity index (χ1n) is 6.82. The second-order valence-corrected chi connectivity index (χ2v) is 4.99. The first kappa shape index (κ1) is 18.8. The fraction of sp³-hybridized carbons (Fsp3) is 0.467. The highest BCUT2D eigenvalue weighted by atomic mass is 19.4. The SMILES string of the molecule is CCC(OC(=O)C(F)(F)F)(C(N)=O)[C@H](C)c1cccc(OC)c1. The third kappa shape index (κ3) is 3.94. The van der Waals surface area contributed by atoms with Crippen LogP contribution in [0.15, 0.2) is 24.3 Å². The molecule has 1 unspecified atom stereocenters. The van der Waals surface area contributed by atoms with E-state index in [1.165, 1.54) is 21.0 Å². The largest absolute Gasteiger partial charge is 0.497 e. The Morgan fingerprint density at radius 1 is 1.30 bits per heavy atom. The van der Waals surface area contributed by atoms with E-state index in [1.54, 1.807) is 24.3 Å². The quantitative estimate of drug-likeness (QED) is 0.812. The number of alkyl halides is 3. The van der Waals surface area contributed by atoms with Crippen LogP contribution in [0.25, 0.3) is 0 Å². The van der Waals surface area contributed by atoms with Crippen molar-refractivity contribution >= 4 is 11.9 Å². The third-order valence-corrected chi connectivity index (χ3v) is 3.74. The number of hydrogen-bond acceptors (Lipinski definition) is 4. The monoisotopic (exact) mass is 333 g/mol. The van der Waals surface area contributed by atoms with Crippen LogP contribution < -0.4 is 10.5 Å².